The predicted octanol–water partition coefficient (Wildman–Crippen LogP) is 2.29. The molecule has 0 spiro atoms. The summed E-state index contributed by atoms with van der Waals surface area (Å²) in [6, 6.07) is 4.94. The monoisotopic (exact) mass is 440 g/mol. The molecule has 0 bridgehead atoms. The highest BCUT2D eigenvalue weighted by Gasteiger charge is 2.18. The summed E-state index contributed by atoms with van der Waals surface area (Å²) in [5.74, 6) is 0. The number of sulfonamides is 1. The van der Waals surface area contributed by atoms with Crippen molar-refractivity contribution in [2.75, 3.05) is 11.3 Å². The van der Waals surface area contributed by atoms with Crippen LogP contribution in [0.2, 0.25) is 5.02 Å². The summed E-state index contributed by atoms with van der Waals surface area (Å²) in [5.41, 5.74) is 5.90. The van der Waals surface area contributed by atoms with E-state index in [0.717, 1.165) is 9.99 Å². The van der Waals surface area contributed by atoms with Crippen LogP contribution in [0, 0.1) is 3.57 Å². The van der Waals surface area contributed by atoms with Gasteiger partial charge in [0.05, 0.1) is 11.9 Å². The van der Waals surface area contributed by atoms with Gasteiger partial charge in [-0.05, 0) is 53.8 Å². The molecule has 0 fully saturated rings. The number of hydrogen-bond acceptors (Lipinski definition) is 4. The van der Waals surface area contributed by atoms with Crippen LogP contribution < -0.4 is 10.5 Å². The molecule has 1 aromatic heterocycles. The lowest BCUT2D eigenvalue weighted by atomic mass is 10.3. The summed E-state index contributed by atoms with van der Waals surface area (Å²) in [6.45, 7) is 1.12. The second kappa shape index (κ2) is 6.95. The van der Waals surface area contributed by atoms with Crippen molar-refractivity contribution in [2.45, 2.75) is 17.9 Å². The van der Waals surface area contributed by atoms with Gasteiger partial charge in [0.15, 0.2) is 0 Å². The number of nitrogens with two attached hydrogens (primary N) is 1. The molecular weight excluding hydrogens is 427 g/mol. The van der Waals surface area contributed by atoms with E-state index in [2.05, 4.69) is 9.82 Å². The second-order valence-electron chi connectivity index (χ2n) is 4.31. The van der Waals surface area contributed by atoms with Gasteiger partial charge in [0.2, 0.25) is 0 Å². The van der Waals surface area contributed by atoms with Gasteiger partial charge in [-0.2, -0.15) is 5.10 Å². The Morgan fingerprint density at radius 1 is 1.43 bits per heavy atom. The lowest BCUT2D eigenvalue weighted by Crippen LogP contribution is -2.13. The molecule has 2 rings (SSSR count). The highest BCUT2D eigenvalue weighted by atomic mass is 127. The van der Waals surface area contributed by atoms with Crippen LogP contribution in [-0.4, -0.2) is 24.7 Å². The van der Waals surface area contributed by atoms with E-state index in [1.807, 2.05) is 22.6 Å². The average Bonchev–Trinajstić information content (AvgIpc) is 2.89. The van der Waals surface area contributed by atoms with Crippen LogP contribution in [0.4, 0.5) is 5.69 Å². The van der Waals surface area contributed by atoms with Crippen molar-refractivity contribution >= 4 is 49.9 Å². The molecule has 6 nitrogen and oxygen atoms in total. The second-order valence-corrected chi connectivity index (χ2v) is 7.59. The molecule has 21 heavy (non-hydrogen) atoms. The summed E-state index contributed by atoms with van der Waals surface area (Å²) in [7, 11) is -3.67. The van der Waals surface area contributed by atoms with Crippen LogP contribution in [0.3, 0.4) is 0 Å². The number of benzene rings is 1. The van der Waals surface area contributed by atoms with E-state index in [9.17, 15) is 8.42 Å². The van der Waals surface area contributed by atoms with Crippen LogP contribution in [0.5, 0.6) is 0 Å². The zero-order valence-electron chi connectivity index (χ0n) is 11.0. The van der Waals surface area contributed by atoms with Crippen molar-refractivity contribution in [3.63, 3.8) is 0 Å². The molecular formula is C12H14ClIN4O2S. The molecule has 0 saturated heterocycles. The highest BCUT2D eigenvalue weighted by Crippen LogP contribution is 2.24. The van der Waals surface area contributed by atoms with Crippen LogP contribution in [0.1, 0.15) is 6.42 Å². The molecule has 0 saturated carbocycles. The van der Waals surface area contributed by atoms with Gasteiger partial charge in [0, 0.05) is 21.3 Å². The van der Waals surface area contributed by atoms with E-state index in [-0.39, 0.29) is 4.90 Å². The van der Waals surface area contributed by atoms with Crippen molar-refractivity contribution in [1.29, 1.82) is 0 Å². The largest absolute Gasteiger partial charge is 0.330 e. The summed E-state index contributed by atoms with van der Waals surface area (Å²) in [4.78, 5) is 0.116. The fourth-order valence-electron chi connectivity index (χ4n) is 1.63. The minimum Gasteiger partial charge on any atom is -0.330 e. The molecule has 0 aliphatic carbocycles. The van der Waals surface area contributed by atoms with E-state index in [0.29, 0.717) is 23.8 Å². The van der Waals surface area contributed by atoms with Gasteiger partial charge >= 0.3 is 0 Å². The molecule has 114 valence electrons. The number of rotatable bonds is 6. The first-order valence-electron chi connectivity index (χ1n) is 6.13. The van der Waals surface area contributed by atoms with Gasteiger partial charge in [-0.15, -0.1) is 0 Å². The van der Waals surface area contributed by atoms with E-state index in [4.69, 9.17) is 17.3 Å². The Kier molecular flexibility index (Phi) is 5.47. The van der Waals surface area contributed by atoms with Gasteiger partial charge in [0.25, 0.3) is 10.0 Å². The Bertz CT molecular complexity index is 733. The highest BCUT2D eigenvalue weighted by molar-refractivity contribution is 14.1. The van der Waals surface area contributed by atoms with Crippen molar-refractivity contribution in [1.82, 2.24) is 9.78 Å². The van der Waals surface area contributed by atoms with Crippen LogP contribution in [-0.2, 0) is 16.6 Å². The minimum absolute atomic E-state index is 0.116. The molecule has 0 aliphatic rings. The summed E-state index contributed by atoms with van der Waals surface area (Å²) >= 11 is 7.87. The summed E-state index contributed by atoms with van der Waals surface area (Å²) in [6.07, 6.45) is 3.55. The minimum atomic E-state index is -3.67. The lowest BCUT2D eigenvalue weighted by Gasteiger charge is -2.08. The quantitative estimate of drug-likeness (QED) is 0.675. The van der Waals surface area contributed by atoms with Crippen LogP contribution in [0.15, 0.2) is 35.5 Å². The van der Waals surface area contributed by atoms with Crippen molar-refractivity contribution in [3.05, 3.63) is 39.2 Å². The third kappa shape index (κ3) is 4.31. The number of aromatic nitrogens is 2. The average molecular weight is 441 g/mol. The SMILES string of the molecule is NCCCn1cc(S(=O)(=O)Nc2ccc(Cl)cc2I)cn1. The molecule has 3 N–H and O–H groups in total. The fraction of sp³-hybridized carbons (Fsp3) is 0.250. The lowest BCUT2D eigenvalue weighted by molar-refractivity contribution is 0.582. The maximum atomic E-state index is 12.3. The zero-order chi connectivity index (χ0) is 15.5. The Morgan fingerprint density at radius 2 is 2.19 bits per heavy atom. The Balaban J connectivity index is 2.19. The van der Waals surface area contributed by atoms with Gasteiger partial charge in [0.1, 0.15) is 4.90 Å². The van der Waals surface area contributed by atoms with Gasteiger partial charge in [-0.1, -0.05) is 11.6 Å². The first-order chi connectivity index (χ1) is 9.92. The van der Waals surface area contributed by atoms with Gasteiger partial charge < -0.3 is 5.73 Å². The number of hydrogen-bond donors (Lipinski definition) is 2. The first-order valence-corrected chi connectivity index (χ1v) is 9.07. The summed E-state index contributed by atoms with van der Waals surface area (Å²) in [5, 5.41) is 4.57. The van der Waals surface area contributed by atoms with Crippen molar-refractivity contribution in [2.24, 2.45) is 5.73 Å². The smallest absolute Gasteiger partial charge is 0.265 e. The Labute approximate surface area is 141 Å². The van der Waals surface area contributed by atoms with E-state index in [1.54, 1.807) is 22.9 Å². The number of aryl methyl sites for hydroxylation is 1. The standard InChI is InChI=1S/C12H14ClIN4O2S/c13-9-2-3-12(11(14)6-9)17-21(19,20)10-7-16-18(8-10)5-1-4-15/h2-3,6-8,17H,1,4-5,15H2. The van der Waals surface area contributed by atoms with Gasteiger partial charge in [-0.25, -0.2) is 8.42 Å². The predicted molar refractivity (Wildman–Crippen MR) is 90.9 cm³/mol. The molecule has 0 aliphatic heterocycles. The van der Waals surface area contributed by atoms with E-state index in [1.165, 1.54) is 12.4 Å². The van der Waals surface area contributed by atoms with Crippen molar-refractivity contribution in [3.8, 4) is 0 Å². The van der Waals surface area contributed by atoms with E-state index < -0.39 is 10.0 Å². The number of anilines is 1. The zero-order valence-corrected chi connectivity index (χ0v) is 14.7. The molecule has 9 heteroatoms. The third-order valence-electron chi connectivity index (χ3n) is 2.69. The van der Waals surface area contributed by atoms with Gasteiger partial charge in [-0.3, -0.25) is 9.40 Å². The molecule has 1 heterocycles. The molecule has 0 unspecified atom stereocenters. The molecule has 0 radical (unpaired) electrons. The molecule has 0 atom stereocenters. The maximum Gasteiger partial charge on any atom is 0.265 e. The molecule has 1 aromatic carbocycles. The number of halogens is 2. The Morgan fingerprint density at radius 3 is 2.86 bits per heavy atom. The maximum absolute atomic E-state index is 12.3. The Hall–Kier alpha value is -0.840. The van der Waals surface area contributed by atoms with Crippen LogP contribution in [0.25, 0.3) is 0 Å². The van der Waals surface area contributed by atoms with E-state index >= 15 is 0 Å². The summed E-state index contributed by atoms with van der Waals surface area (Å²) < 4.78 is 29.4. The normalized spacial score (nSPS) is 11.6. The molecule has 2 aromatic rings. The van der Waals surface area contributed by atoms with Crippen LogP contribution >= 0.6 is 34.2 Å². The number of nitrogens with zero attached hydrogens (tertiary/aromatic N) is 2. The fourth-order valence-corrected chi connectivity index (χ4v) is 3.86. The first kappa shape index (κ1) is 16.5. The molecule has 0 amide bonds. The number of nitrogens with one attached hydrogen (secondary N) is 1. The van der Waals surface area contributed by atoms with Crippen molar-refractivity contribution < 1.29 is 8.42 Å². The topological polar surface area (TPSA) is 90.0 Å². The third-order valence-corrected chi connectivity index (χ3v) is 5.13.